The summed E-state index contributed by atoms with van der Waals surface area (Å²) in [6.07, 6.45) is 0. The van der Waals surface area contributed by atoms with Crippen LogP contribution in [0.4, 0.5) is 0 Å². The van der Waals surface area contributed by atoms with Crippen LogP contribution < -0.4 is 9.84 Å². The number of carbonyl (C=O) groups excluding carboxylic acids is 3. The smallest absolute Gasteiger partial charge is 0.404 e. The van der Waals surface area contributed by atoms with Crippen LogP contribution in [-0.4, -0.2) is 56.4 Å². The van der Waals surface area contributed by atoms with Gasteiger partial charge in [0.25, 0.3) is 5.91 Å². The van der Waals surface area contributed by atoms with Crippen molar-refractivity contribution in [3.05, 3.63) is 101 Å². The number of rotatable bonds is 8. The Kier molecular flexibility index (Phi) is 8.45. The number of hydrogen-bond donors (Lipinski definition) is 3. The standard InChI is InChI=1S/C26H25N2O7PS/c29-24(19-4-2-1-3-5-19)20-8-6-18(7-9-20)16-28-14-15-37-17-23(26(28)31)27-25(30)21-10-12-22(13-11-21)35-36(32,33)34/h1-13,23H,14-17H2,(H,27,30)(H2,32,33,34)/t23-/m0/s1. The lowest BCUT2D eigenvalue weighted by atomic mass is 10.0. The van der Waals surface area contributed by atoms with Gasteiger partial charge in [-0.25, -0.2) is 4.57 Å². The second-order valence-corrected chi connectivity index (χ2v) is 10.7. The minimum atomic E-state index is -4.70. The highest BCUT2D eigenvalue weighted by molar-refractivity contribution is 7.99. The molecule has 0 aliphatic carbocycles. The van der Waals surface area contributed by atoms with Crippen LogP contribution in [0.2, 0.25) is 0 Å². The number of phosphoric ester groups is 1. The molecule has 4 rings (SSSR count). The third kappa shape index (κ3) is 7.30. The van der Waals surface area contributed by atoms with Gasteiger partial charge in [0.1, 0.15) is 11.8 Å². The van der Waals surface area contributed by atoms with E-state index in [2.05, 4.69) is 9.84 Å². The quantitative estimate of drug-likeness (QED) is 0.293. The van der Waals surface area contributed by atoms with Crippen LogP contribution in [0.5, 0.6) is 5.75 Å². The molecule has 1 aliphatic heterocycles. The normalized spacial score (nSPS) is 16.1. The molecule has 11 heteroatoms. The lowest BCUT2D eigenvalue weighted by Crippen LogP contribution is -2.48. The van der Waals surface area contributed by atoms with Crippen molar-refractivity contribution in [2.45, 2.75) is 12.6 Å². The number of phosphoric acid groups is 1. The van der Waals surface area contributed by atoms with Gasteiger partial charge in [0.15, 0.2) is 5.78 Å². The molecule has 0 spiro atoms. The van der Waals surface area contributed by atoms with E-state index in [1.165, 1.54) is 24.3 Å². The summed E-state index contributed by atoms with van der Waals surface area (Å²) in [5.74, 6) is 0.311. The van der Waals surface area contributed by atoms with Crippen molar-refractivity contribution in [1.82, 2.24) is 10.2 Å². The Labute approximate surface area is 218 Å². The number of ketones is 1. The van der Waals surface area contributed by atoms with E-state index in [4.69, 9.17) is 9.79 Å². The van der Waals surface area contributed by atoms with Gasteiger partial charge in [-0.3, -0.25) is 24.2 Å². The van der Waals surface area contributed by atoms with Crippen LogP contribution >= 0.6 is 19.6 Å². The molecule has 1 fully saturated rings. The fraction of sp³-hybridized carbons (Fsp3) is 0.192. The molecule has 0 radical (unpaired) electrons. The molecular formula is C26H25N2O7PS. The molecule has 1 aliphatic rings. The molecule has 3 aromatic carbocycles. The van der Waals surface area contributed by atoms with Crippen molar-refractivity contribution in [2.24, 2.45) is 0 Å². The summed E-state index contributed by atoms with van der Waals surface area (Å²) in [5, 5.41) is 2.76. The van der Waals surface area contributed by atoms with Crippen LogP contribution in [-0.2, 0) is 15.9 Å². The fourth-order valence-electron chi connectivity index (χ4n) is 3.82. The third-order valence-electron chi connectivity index (χ3n) is 5.67. The average Bonchev–Trinajstić information content (AvgIpc) is 3.05. The summed E-state index contributed by atoms with van der Waals surface area (Å²) in [4.78, 5) is 58.1. The van der Waals surface area contributed by atoms with E-state index < -0.39 is 19.8 Å². The second kappa shape index (κ2) is 11.7. The Morgan fingerprint density at radius 1 is 0.946 bits per heavy atom. The molecule has 2 amide bonds. The topological polar surface area (TPSA) is 133 Å². The number of benzene rings is 3. The lowest BCUT2D eigenvalue weighted by Gasteiger charge is -2.24. The maximum Gasteiger partial charge on any atom is 0.524 e. The van der Waals surface area contributed by atoms with Crippen molar-refractivity contribution < 1.29 is 33.3 Å². The summed E-state index contributed by atoms with van der Waals surface area (Å²) in [6, 6.07) is 20.7. The monoisotopic (exact) mass is 540 g/mol. The third-order valence-corrected chi connectivity index (χ3v) is 7.16. The molecule has 0 aromatic heterocycles. The number of hydrogen-bond acceptors (Lipinski definition) is 6. The summed E-state index contributed by atoms with van der Waals surface area (Å²) < 4.78 is 15.4. The number of carbonyl (C=O) groups is 3. The largest absolute Gasteiger partial charge is 0.524 e. The van der Waals surface area contributed by atoms with Crippen LogP contribution in [0.1, 0.15) is 31.8 Å². The number of nitrogens with zero attached hydrogens (tertiary/aromatic N) is 1. The zero-order chi connectivity index (χ0) is 26.4. The molecule has 192 valence electrons. The predicted octanol–water partition coefficient (Wildman–Crippen LogP) is 3.26. The number of amides is 2. The van der Waals surface area contributed by atoms with E-state index in [9.17, 15) is 18.9 Å². The molecule has 0 bridgehead atoms. The maximum absolute atomic E-state index is 13.2. The first-order chi connectivity index (χ1) is 17.7. The summed E-state index contributed by atoms with van der Waals surface area (Å²) in [5.41, 5.74) is 2.27. The maximum atomic E-state index is 13.2. The first-order valence-corrected chi connectivity index (χ1v) is 14.1. The Hall–Kier alpha value is -3.43. The highest BCUT2D eigenvalue weighted by atomic mass is 32.2. The van der Waals surface area contributed by atoms with Crippen molar-refractivity contribution in [3.8, 4) is 5.75 Å². The molecule has 1 atom stereocenters. The minimum absolute atomic E-state index is 0.0708. The van der Waals surface area contributed by atoms with E-state index in [0.29, 0.717) is 30.0 Å². The highest BCUT2D eigenvalue weighted by Gasteiger charge is 2.29. The van der Waals surface area contributed by atoms with E-state index in [1.54, 1.807) is 40.9 Å². The zero-order valence-corrected chi connectivity index (χ0v) is 21.4. The van der Waals surface area contributed by atoms with Crippen LogP contribution in [0, 0.1) is 0 Å². The first kappa shape index (κ1) is 26.6. The summed E-state index contributed by atoms with van der Waals surface area (Å²) >= 11 is 1.56. The Morgan fingerprint density at radius 3 is 2.22 bits per heavy atom. The van der Waals surface area contributed by atoms with Crippen LogP contribution in [0.15, 0.2) is 78.9 Å². The molecule has 9 nitrogen and oxygen atoms in total. The predicted molar refractivity (Wildman–Crippen MR) is 139 cm³/mol. The zero-order valence-electron chi connectivity index (χ0n) is 19.6. The van der Waals surface area contributed by atoms with Gasteiger partial charge in [-0.05, 0) is 29.8 Å². The number of nitrogens with one attached hydrogen (secondary N) is 1. The van der Waals surface area contributed by atoms with E-state index in [0.717, 1.165) is 11.3 Å². The van der Waals surface area contributed by atoms with E-state index in [1.807, 2.05) is 30.3 Å². The molecule has 3 N–H and O–H groups in total. The summed E-state index contributed by atoms with van der Waals surface area (Å²) in [7, 11) is -4.70. The SMILES string of the molecule is O=C(N[C@H]1CSCCN(Cc2ccc(C(=O)c3ccccc3)cc2)C1=O)c1ccc(OP(=O)(O)O)cc1. The second-order valence-electron chi connectivity index (χ2n) is 8.36. The van der Waals surface area contributed by atoms with Crippen molar-refractivity contribution in [3.63, 3.8) is 0 Å². The van der Waals surface area contributed by atoms with Gasteiger partial charge in [0, 0.05) is 41.3 Å². The van der Waals surface area contributed by atoms with E-state index in [-0.39, 0.29) is 23.0 Å². The fourth-order valence-corrected chi connectivity index (χ4v) is 5.20. The van der Waals surface area contributed by atoms with E-state index >= 15 is 0 Å². The van der Waals surface area contributed by atoms with Crippen molar-refractivity contribution >= 4 is 37.2 Å². The molecule has 0 unspecified atom stereocenters. The minimum Gasteiger partial charge on any atom is -0.404 e. The molecule has 37 heavy (non-hydrogen) atoms. The molecule has 1 heterocycles. The van der Waals surface area contributed by atoms with Crippen LogP contribution in [0.3, 0.4) is 0 Å². The first-order valence-electron chi connectivity index (χ1n) is 11.4. The Balaban J connectivity index is 1.39. The van der Waals surface area contributed by atoms with Gasteiger partial charge < -0.3 is 14.7 Å². The Bertz CT molecular complexity index is 1310. The lowest BCUT2D eigenvalue weighted by molar-refractivity contribution is -0.132. The van der Waals surface area contributed by atoms with Gasteiger partial charge in [-0.15, -0.1) is 0 Å². The van der Waals surface area contributed by atoms with Gasteiger partial charge in [-0.1, -0.05) is 54.6 Å². The number of thioether (sulfide) groups is 1. The Morgan fingerprint density at radius 2 is 1.57 bits per heavy atom. The highest BCUT2D eigenvalue weighted by Crippen LogP contribution is 2.37. The van der Waals surface area contributed by atoms with Gasteiger partial charge >= 0.3 is 7.82 Å². The molecule has 1 saturated heterocycles. The van der Waals surface area contributed by atoms with Crippen molar-refractivity contribution in [1.29, 1.82) is 0 Å². The molecule has 0 saturated carbocycles. The van der Waals surface area contributed by atoms with Crippen molar-refractivity contribution in [2.75, 3.05) is 18.1 Å². The van der Waals surface area contributed by atoms with Gasteiger partial charge in [0.2, 0.25) is 5.91 Å². The van der Waals surface area contributed by atoms with Gasteiger partial charge in [0.05, 0.1) is 0 Å². The average molecular weight is 541 g/mol. The molecular weight excluding hydrogens is 515 g/mol. The molecule has 3 aromatic rings. The summed E-state index contributed by atoms with van der Waals surface area (Å²) in [6.45, 7) is 0.870. The van der Waals surface area contributed by atoms with Gasteiger partial charge in [-0.2, -0.15) is 11.8 Å². The van der Waals surface area contributed by atoms with Crippen LogP contribution in [0.25, 0.3) is 0 Å².